The monoisotopic (exact) mass is 265 g/mol. The lowest BCUT2D eigenvalue weighted by molar-refractivity contribution is -0.122. The van der Waals surface area contributed by atoms with Crippen molar-refractivity contribution in [2.75, 3.05) is 0 Å². The average Bonchev–Trinajstić information content (AvgIpc) is 2.85. The third kappa shape index (κ3) is 3.33. The van der Waals surface area contributed by atoms with Gasteiger partial charge in [-0.05, 0) is 19.3 Å². The predicted octanol–water partition coefficient (Wildman–Crippen LogP) is 0.158. The Labute approximate surface area is 110 Å². The van der Waals surface area contributed by atoms with Crippen molar-refractivity contribution < 1.29 is 4.79 Å². The van der Waals surface area contributed by atoms with Crippen LogP contribution in [0.25, 0.3) is 0 Å². The molecular formula is C13H19N3O3. The van der Waals surface area contributed by atoms with Gasteiger partial charge in [-0.25, -0.2) is 4.79 Å². The van der Waals surface area contributed by atoms with Crippen LogP contribution in [0.5, 0.6) is 0 Å². The van der Waals surface area contributed by atoms with E-state index in [1.54, 1.807) is 0 Å². The zero-order valence-electron chi connectivity index (χ0n) is 11.1. The number of H-pyrrole nitrogens is 1. The predicted molar refractivity (Wildman–Crippen MR) is 71.1 cm³/mol. The maximum atomic E-state index is 11.8. The second kappa shape index (κ2) is 5.86. The van der Waals surface area contributed by atoms with E-state index < -0.39 is 5.69 Å². The number of hydrogen-bond donors (Lipinski definition) is 2. The maximum Gasteiger partial charge on any atom is 0.328 e. The van der Waals surface area contributed by atoms with E-state index in [9.17, 15) is 14.4 Å². The van der Waals surface area contributed by atoms with E-state index in [-0.39, 0.29) is 24.1 Å². The molecule has 104 valence electrons. The molecule has 1 aromatic rings. The van der Waals surface area contributed by atoms with Gasteiger partial charge in [0.05, 0.1) is 0 Å². The summed E-state index contributed by atoms with van der Waals surface area (Å²) in [6.07, 6.45) is 6.29. The molecule has 1 aliphatic carbocycles. The van der Waals surface area contributed by atoms with Gasteiger partial charge in [0.1, 0.15) is 6.54 Å². The van der Waals surface area contributed by atoms with Crippen molar-refractivity contribution in [2.45, 2.75) is 51.6 Å². The van der Waals surface area contributed by atoms with Crippen LogP contribution in [0, 0.1) is 0 Å². The maximum absolute atomic E-state index is 11.8. The standard InChI is InChI=1S/C13H19N3O3/c1-2-9-7-16(13(19)15-12(9)18)8-11(17)14-10-5-3-4-6-10/h7,10H,2-6,8H2,1H3,(H,14,17)(H,15,18,19). The van der Waals surface area contributed by atoms with Gasteiger partial charge in [0.2, 0.25) is 5.91 Å². The first-order valence-electron chi connectivity index (χ1n) is 6.72. The number of hydrogen-bond acceptors (Lipinski definition) is 3. The van der Waals surface area contributed by atoms with E-state index in [4.69, 9.17) is 0 Å². The van der Waals surface area contributed by atoms with Crippen LogP contribution in [0.2, 0.25) is 0 Å². The second-order valence-electron chi connectivity index (χ2n) is 4.94. The van der Waals surface area contributed by atoms with Gasteiger partial charge in [-0.1, -0.05) is 19.8 Å². The summed E-state index contributed by atoms with van der Waals surface area (Å²) in [6.45, 7) is 1.79. The third-order valence-corrected chi connectivity index (χ3v) is 3.50. The number of carbonyl (C=O) groups is 1. The van der Waals surface area contributed by atoms with Gasteiger partial charge in [0, 0.05) is 17.8 Å². The van der Waals surface area contributed by atoms with Crippen molar-refractivity contribution in [2.24, 2.45) is 0 Å². The molecule has 0 spiro atoms. The van der Waals surface area contributed by atoms with Gasteiger partial charge in [-0.3, -0.25) is 19.1 Å². The van der Waals surface area contributed by atoms with Crippen molar-refractivity contribution in [1.29, 1.82) is 0 Å². The fraction of sp³-hybridized carbons (Fsp3) is 0.615. The molecule has 1 heterocycles. The minimum Gasteiger partial charge on any atom is -0.352 e. The molecule has 19 heavy (non-hydrogen) atoms. The van der Waals surface area contributed by atoms with Crippen molar-refractivity contribution in [3.8, 4) is 0 Å². The molecule has 1 amide bonds. The minimum absolute atomic E-state index is 0.0425. The zero-order valence-corrected chi connectivity index (χ0v) is 11.1. The molecule has 0 bridgehead atoms. The molecule has 0 atom stereocenters. The van der Waals surface area contributed by atoms with Crippen LogP contribution < -0.4 is 16.6 Å². The average molecular weight is 265 g/mol. The highest BCUT2D eigenvalue weighted by atomic mass is 16.2. The van der Waals surface area contributed by atoms with Gasteiger partial charge in [-0.2, -0.15) is 0 Å². The quantitative estimate of drug-likeness (QED) is 0.813. The Morgan fingerprint density at radius 2 is 2.11 bits per heavy atom. The van der Waals surface area contributed by atoms with E-state index in [0.29, 0.717) is 12.0 Å². The topological polar surface area (TPSA) is 84.0 Å². The Kier molecular flexibility index (Phi) is 4.19. The molecule has 6 heteroatoms. The van der Waals surface area contributed by atoms with Gasteiger partial charge < -0.3 is 5.32 Å². The summed E-state index contributed by atoms with van der Waals surface area (Å²) in [4.78, 5) is 37.1. The van der Waals surface area contributed by atoms with Gasteiger partial charge in [0.25, 0.3) is 5.56 Å². The van der Waals surface area contributed by atoms with Gasteiger partial charge in [0.15, 0.2) is 0 Å². The molecule has 6 nitrogen and oxygen atoms in total. The minimum atomic E-state index is -0.538. The highest BCUT2D eigenvalue weighted by Crippen LogP contribution is 2.17. The summed E-state index contributed by atoms with van der Waals surface area (Å²) in [6, 6.07) is 0.233. The fourth-order valence-corrected chi connectivity index (χ4v) is 2.42. The Morgan fingerprint density at radius 1 is 1.42 bits per heavy atom. The highest BCUT2D eigenvalue weighted by molar-refractivity contribution is 5.76. The Bertz CT molecular complexity index is 567. The summed E-state index contributed by atoms with van der Waals surface area (Å²) < 4.78 is 1.25. The normalized spacial score (nSPS) is 15.6. The molecule has 1 fully saturated rings. The van der Waals surface area contributed by atoms with Crippen LogP contribution >= 0.6 is 0 Å². The second-order valence-corrected chi connectivity index (χ2v) is 4.94. The van der Waals surface area contributed by atoms with Crippen molar-refractivity contribution in [1.82, 2.24) is 14.9 Å². The summed E-state index contributed by atoms with van der Waals surface area (Å²) in [5.41, 5.74) is -0.406. The summed E-state index contributed by atoms with van der Waals surface area (Å²) in [5, 5.41) is 2.92. The first-order chi connectivity index (χ1) is 9.10. The Balaban J connectivity index is 2.07. The first-order valence-corrected chi connectivity index (χ1v) is 6.72. The lowest BCUT2D eigenvalue weighted by atomic mass is 10.2. The number of nitrogens with one attached hydrogen (secondary N) is 2. The van der Waals surface area contributed by atoms with Crippen LogP contribution in [0.4, 0.5) is 0 Å². The number of aryl methyl sites for hydroxylation is 1. The molecule has 0 unspecified atom stereocenters. The number of nitrogens with zero attached hydrogens (tertiary/aromatic N) is 1. The third-order valence-electron chi connectivity index (χ3n) is 3.50. The van der Waals surface area contributed by atoms with Gasteiger partial charge >= 0.3 is 5.69 Å². The smallest absolute Gasteiger partial charge is 0.328 e. The number of aromatic nitrogens is 2. The number of carbonyl (C=O) groups excluding carboxylic acids is 1. The van der Waals surface area contributed by atoms with Crippen LogP contribution in [-0.2, 0) is 17.8 Å². The fourth-order valence-electron chi connectivity index (χ4n) is 2.42. The molecule has 1 aliphatic rings. The van der Waals surface area contributed by atoms with E-state index in [1.165, 1.54) is 10.8 Å². The van der Waals surface area contributed by atoms with Crippen molar-refractivity contribution in [3.05, 3.63) is 32.6 Å². The number of rotatable bonds is 4. The lowest BCUT2D eigenvalue weighted by Crippen LogP contribution is -2.39. The van der Waals surface area contributed by atoms with Crippen LogP contribution in [0.3, 0.4) is 0 Å². The molecule has 1 aromatic heterocycles. The van der Waals surface area contributed by atoms with Crippen LogP contribution in [-0.4, -0.2) is 21.5 Å². The summed E-state index contributed by atoms with van der Waals surface area (Å²) in [7, 11) is 0. The molecular weight excluding hydrogens is 246 g/mol. The number of aromatic amines is 1. The largest absolute Gasteiger partial charge is 0.352 e. The van der Waals surface area contributed by atoms with Crippen LogP contribution in [0.15, 0.2) is 15.8 Å². The van der Waals surface area contributed by atoms with Crippen molar-refractivity contribution >= 4 is 5.91 Å². The molecule has 0 radical (unpaired) electrons. The SMILES string of the molecule is CCc1cn(CC(=O)NC2CCCC2)c(=O)[nH]c1=O. The van der Waals surface area contributed by atoms with Crippen molar-refractivity contribution in [3.63, 3.8) is 0 Å². The first kappa shape index (κ1) is 13.6. The lowest BCUT2D eigenvalue weighted by Gasteiger charge is -2.12. The number of amides is 1. The van der Waals surface area contributed by atoms with E-state index in [0.717, 1.165) is 25.7 Å². The van der Waals surface area contributed by atoms with Crippen LogP contribution in [0.1, 0.15) is 38.2 Å². The molecule has 2 rings (SSSR count). The Hall–Kier alpha value is -1.85. The van der Waals surface area contributed by atoms with Gasteiger partial charge in [-0.15, -0.1) is 0 Å². The molecule has 0 aliphatic heterocycles. The molecule has 0 saturated heterocycles. The summed E-state index contributed by atoms with van der Waals surface area (Å²) in [5.74, 6) is -0.178. The highest BCUT2D eigenvalue weighted by Gasteiger charge is 2.17. The zero-order chi connectivity index (χ0) is 13.8. The summed E-state index contributed by atoms with van der Waals surface area (Å²) >= 11 is 0. The molecule has 1 saturated carbocycles. The molecule has 2 N–H and O–H groups in total. The van der Waals surface area contributed by atoms with E-state index in [1.807, 2.05) is 6.92 Å². The van der Waals surface area contributed by atoms with E-state index in [2.05, 4.69) is 10.3 Å². The van der Waals surface area contributed by atoms with E-state index >= 15 is 0 Å². The Morgan fingerprint density at radius 3 is 2.74 bits per heavy atom. The molecule has 0 aromatic carbocycles.